The maximum absolute atomic E-state index is 13.1. The van der Waals surface area contributed by atoms with E-state index >= 15 is 0 Å². The second-order valence-corrected chi connectivity index (χ2v) is 8.49. The Balaban J connectivity index is 1.62. The molecule has 1 saturated heterocycles. The summed E-state index contributed by atoms with van der Waals surface area (Å²) in [5.74, 6) is 0.402. The van der Waals surface area contributed by atoms with Crippen LogP contribution >= 0.6 is 0 Å². The standard InChI is InChI=1S/C25H31FN2O3/c1-17(2)24(19-8-12-22(31-3)13-9-19)27-25(30)20-5-4-14-28(16-20)23(29)15-18-6-10-21(26)11-7-18/h6-13,17,20,24H,4-5,14-16H2,1-3H3,(H,27,30). The quantitative estimate of drug-likeness (QED) is 0.724. The molecule has 0 saturated carbocycles. The van der Waals surface area contributed by atoms with Crippen molar-refractivity contribution in [3.05, 3.63) is 65.5 Å². The Kier molecular flexibility index (Phi) is 7.66. The van der Waals surface area contributed by atoms with E-state index < -0.39 is 0 Å². The molecular weight excluding hydrogens is 395 g/mol. The Labute approximate surface area is 183 Å². The van der Waals surface area contributed by atoms with Gasteiger partial charge in [-0.05, 0) is 54.2 Å². The number of piperidine rings is 1. The van der Waals surface area contributed by atoms with Crippen LogP contribution in [0.5, 0.6) is 5.75 Å². The Bertz CT molecular complexity index is 881. The summed E-state index contributed by atoms with van der Waals surface area (Å²) in [5, 5.41) is 3.20. The van der Waals surface area contributed by atoms with Gasteiger partial charge in [0.05, 0.1) is 25.5 Å². The Morgan fingerprint density at radius 1 is 1.13 bits per heavy atom. The molecule has 2 unspecified atom stereocenters. The van der Waals surface area contributed by atoms with Crippen molar-refractivity contribution >= 4 is 11.8 Å². The average molecular weight is 427 g/mol. The Morgan fingerprint density at radius 3 is 2.42 bits per heavy atom. The van der Waals surface area contributed by atoms with Crippen LogP contribution in [0.15, 0.2) is 48.5 Å². The van der Waals surface area contributed by atoms with Crippen molar-refractivity contribution < 1.29 is 18.7 Å². The highest BCUT2D eigenvalue weighted by molar-refractivity contribution is 5.82. The van der Waals surface area contributed by atoms with Crippen molar-refractivity contribution in [1.82, 2.24) is 10.2 Å². The number of hydrogen-bond acceptors (Lipinski definition) is 3. The molecule has 3 rings (SSSR count). The molecule has 2 aromatic carbocycles. The normalized spacial score (nSPS) is 17.3. The fourth-order valence-electron chi connectivity index (χ4n) is 4.02. The summed E-state index contributed by atoms with van der Waals surface area (Å²) in [6, 6.07) is 13.6. The lowest BCUT2D eigenvalue weighted by Crippen LogP contribution is -2.47. The summed E-state index contributed by atoms with van der Waals surface area (Å²) in [6.45, 7) is 5.22. The zero-order chi connectivity index (χ0) is 22.4. The van der Waals surface area contributed by atoms with Gasteiger partial charge in [-0.25, -0.2) is 4.39 Å². The van der Waals surface area contributed by atoms with Crippen LogP contribution in [0.2, 0.25) is 0 Å². The maximum atomic E-state index is 13.1. The monoisotopic (exact) mass is 426 g/mol. The first-order valence-corrected chi connectivity index (χ1v) is 10.8. The van der Waals surface area contributed by atoms with Gasteiger partial charge in [0, 0.05) is 13.1 Å². The van der Waals surface area contributed by atoms with E-state index in [1.165, 1.54) is 12.1 Å². The summed E-state index contributed by atoms with van der Waals surface area (Å²) >= 11 is 0. The van der Waals surface area contributed by atoms with E-state index in [9.17, 15) is 14.0 Å². The first-order valence-electron chi connectivity index (χ1n) is 10.8. The molecule has 31 heavy (non-hydrogen) atoms. The third kappa shape index (κ3) is 6.06. The van der Waals surface area contributed by atoms with E-state index in [0.717, 1.165) is 29.7 Å². The van der Waals surface area contributed by atoms with Gasteiger partial charge in [0.1, 0.15) is 11.6 Å². The molecule has 5 nitrogen and oxygen atoms in total. The molecule has 1 aliphatic rings. The molecule has 0 spiro atoms. The topological polar surface area (TPSA) is 58.6 Å². The minimum Gasteiger partial charge on any atom is -0.497 e. The van der Waals surface area contributed by atoms with Crippen molar-refractivity contribution in [2.75, 3.05) is 20.2 Å². The molecule has 1 aliphatic heterocycles. The molecule has 6 heteroatoms. The van der Waals surface area contributed by atoms with Gasteiger partial charge in [0.15, 0.2) is 0 Å². The molecule has 0 radical (unpaired) electrons. The minimum atomic E-state index is -0.317. The number of nitrogens with one attached hydrogen (secondary N) is 1. The summed E-state index contributed by atoms with van der Waals surface area (Å²) in [4.78, 5) is 27.5. The van der Waals surface area contributed by atoms with Crippen LogP contribution in [-0.2, 0) is 16.0 Å². The lowest BCUT2D eigenvalue weighted by atomic mass is 9.92. The molecule has 0 bridgehead atoms. The lowest BCUT2D eigenvalue weighted by molar-refractivity contribution is -0.135. The lowest BCUT2D eigenvalue weighted by Gasteiger charge is -2.33. The van der Waals surface area contributed by atoms with Gasteiger partial charge in [0.25, 0.3) is 0 Å². The zero-order valence-corrected chi connectivity index (χ0v) is 18.4. The van der Waals surface area contributed by atoms with Gasteiger partial charge >= 0.3 is 0 Å². The fraction of sp³-hybridized carbons (Fsp3) is 0.440. The van der Waals surface area contributed by atoms with Crippen LogP contribution in [0.3, 0.4) is 0 Å². The van der Waals surface area contributed by atoms with E-state index in [0.29, 0.717) is 13.1 Å². The number of benzene rings is 2. The Hall–Kier alpha value is -2.89. The summed E-state index contributed by atoms with van der Waals surface area (Å²) < 4.78 is 18.3. The molecule has 1 fully saturated rings. The van der Waals surface area contributed by atoms with E-state index in [1.54, 1.807) is 24.1 Å². The number of ether oxygens (including phenoxy) is 1. The number of hydrogen-bond donors (Lipinski definition) is 1. The molecule has 2 amide bonds. The van der Waals surface area contributed by atoms with Crippen LogP contribution in [-0.4, -0.2) is 36.9 Å². The Morgan fingerprint density at radius 2 is 1.81 bits per heavy atom. The largest absolute Gasteiger partial charge is 0.497 e. The van der Waals surface area contributed by atoms with Gasteiger partial charge in [-0.1, -0.05) is 38.1 Å². The second-order valence-electron chi connectivity index (χ2n) is 8.49. The van der Waals surface area contributed by atoms with Crippen LogP contribution in [0, 0.1) is 17.7 Å². The minimum absolute atomic E-state index is 0.0196. The maximum Gasteiger partial charge on any atom is 0.227 e. The number of carbonyl (C=O) groups is 2. The van der Waals surface area contributed by atoms with Gasteiger partial charge in [0.2, 0.25) is 11.8 Å². The van der Waals surface area contributed by atoms with Crippen molar-refractivity contribution in [3.63, 3.8) is 0 Å². The van der Waals surface area contributed by atoms with Crippen molar-refractivity contribution in [3.8, 4) is 5.75 Å². The highest BCUT2D eigenvalue weighted by atomic mass is 19.1. The number of likely N-dealkylation sites (tertiary alicyclic amines) is 1. The molecule has 1 N–H and O–H groups in total. The zero-order valence-electron chi connectivity index (χ0n) is 18.4. The molecule has 2 atom stereocenters. The molecule has 0 aliphatic carbocycles. The van der Waals surface area contributed by atoms with Gasteiger partial charge in [-0.15, -0.1) is 0 Å². The van der Waals surface area contributed by atoms with Crippen molar-refractivity contribution in [2.24, 2.45) is 11.8 Å². The van der Waals surface area contributed by atoms with E-state index in [1.807, 2.05) is 24.3 Å². The summed E-state index contributed by atoms with van der Waals surface area (Å²) in [6.07, 6.45) is 1.77. The average Bonchev–Trinajstić information content (AvgIpc) is 2.78. The highest BCUT2D eigenvalue weighted by Crippen LogP contribution is 2.26. The highest BCUT2D eigenvalue weighted by Gasteiger charge is 2.30. The molecule has 166 valence electrons. The summed E-state index contributed by atoms with van der Waals surface area (Å²) in [5.41, 5.74) is 1.81. The predicted molar refractivity (Wildman–Crippen MR) is 118 cm³/mol. The number of carbonyl (C=O) groups excluding carboxylic acids is 2. The van der Waals surface area contributed by atoms with Crippen LogP contribution in [0.25, 0.3) is 0 Å². The number of rotatable bonds is 7. The van der Waals surface area contributed by atoms with Gasteiger partial charge in [-0.2, -0.15) is 0 Å². The van der Waals surface area contributed by atoms with Crippen molar-refractivity contribution in [2.45, 2.75) is 39.2 Å². The third-order valence-electron chi connectivity index (χ3n) is 5.85. The number of methoxy groups -OCH3 is 1. The third-order valence-corrected chi connectivity index (χ3v) is 5.85. The predicted octanol–water partition coefficient (Wildman–Crippen LogP) is 4.13. The number of amides is 2. The van der Waals surface area contributed by atoms with E-state index in [2.05, 4.69) is 19.2 Å². The molecule has 2 aromatic rings. The number of halogens is 1. The van der Waals surface area contributed by atoms with Crippen LogP contribution < -0.4 is 10.1 Å². The van der Waals surface area contributed by atoms with E-state index in [4.69, 9.17) is 4.74 Å². The first kappa shape index (κ1) is 22.8. The van der Waals surface area contributed by atoms with Crippen molar-refractivity contribution in [1.29, 1.82) is 0 Å². The van der Waals surface area contributed by atoms with E-state index in [-0.39, 0.29) is 41.9 Å². The van der Waals surface area contributed by atoms with Crippen LogP contribution in [0.4, 0.5) is 4.39 Å². The van der Waals surface area contributed by atoms with Gasteiger partial charge in [-0.3, -0.25) is 9.59 Å². The molecule has 1 heterocycles. The fourth-order valence-corrected chi connectivity index (χ4v) is 4.02. The van der Waals surface area contributed by atoms with Crippen LogP contribution in [0.1, 0.15) is 43.9 Å². The van der Waals surface area contributed by atoms with Gasteiger partial charge < -0.3 is 15.0 Å². The summed E-state index contributed by atoms with van der Waals surface area (Å²) in [7, 11) is 1.63. The SMILES string of the molecule is COc1ccc(C(NC(=O)C2CCCN(C(=O)Cc3ccc(F)cc3)C2)C(C)C)cc1. The smallest absolute Gasteiger partial charge is 0.227 e. The second kappa shape index (κ2) is 10.4. The molecule has 0 aromatic heterocycles. The first-order chi connectivity index (χ1) is 14.9. The number of nitrogens with zero attached hydrogens (tertiary/aromatic N) is 1. The molecular formula is C25H31FN2O3.